The molecule has 0 saturated carbocycles. The van der Waals surface area contributed by atoms with Crippen LogP contribution in [-0.2, 0) is 11.5 Å². The van der Waals surface area contributed by atoms with Gasteiger partial charge in [-0.2, -0.15) is 11.8 Å². The summed E-state index contributed by atoms with van der Waals surface area (Å²) < 4.78 is 13.7. The minimum Gasteiger partial charge on any atom is -0.478 e. The number of hydrogen-bond acceptors (Lipinski definition) is 2. The second-order valence-corrected chi connectivity index (χ2v) is 5.59. The van der Waals surface area contributed by atoms with E-state index in [0.717, 1.165) is 11.6 Å². The van der Waals surface area contributed by atoms with Gasteiger partial charge in [-0.25, -0.2) is 9.18 Å². The van der Waals surface area contributed by atoms with Crippen LogP contribution in [0.3, 0.4) is 0 Å². The lowest BCUT2D eigenvalue weighted by Gasteiger charge is -2.06. The lowest BCUT2D eigenvalue weighted by Crippen LogP contribution is -1.98. The highest BCUT2D eigenvalue weighted by atomic mass is 35.5. The van der Waals surface area contributed by atoms with Gasteiger partial charge >= 0.3 is 5.97 Å². The van der Waals surface area contributed by atoms with Gasteiger partial charge in [-0.15, -0.1) is 0 Å². The van der Waals surface area contributed by atoms with Gasteiger partial charge in [0.25, 0.3) is 0 Å². The first kappa shape index (κ1) is 14.9. The lowest BCUT2D eigenvalue weighted by molar-refractivity contribution is 0.0696. The monoisotopic (exact) mass is 310 g/mol. The van der Waals surface area contributed by atoms with Crippen molar-refractivity contribution in [2.24, 2.45) is 0 Å². The Kier molecular flexibility index (Phi) is 5.04. The number of thioether (sulfide) groups is 1. The third kappa shape index (κ3) is 3.74. The molecule has 0 fully saturated rings. The molecule has 2 nitrogen and oxygen atoms in total. The lowest BCUT2D eigenvalue weighted by atomic mass is 10.1. The third-order valence-corrected chi connectivity index (χ3v) is 4.17. The zero-order valence-electron chi connectivity index (χ0n) is 10.5. The highest BCUT2D eigenvalue weighted by Gasteiger charge is 2.08. The van der Waals surface area contributed by atoms with E-state index in [1.807, 2.05) is 24.3 Å². The fraction of sp³-hybridized carbons (Fsp3) is 0.133. The van der Waals surface area contributed by atoms with Gasteiger partial charge in [0.05, 0.1) is 5.56 Å². The standard InChI is InChI=1S/C15H12ClFO2S/c16-13-4-2-1-3-11(13)8-20-9-12-6-5-10(15(18)19)7-14(12)17/h1-7H,8-9H2,(H,18,19). The molecular formula is C15H12ClFO2S. The van der Waals surface area contributed by atoms with E-state index in [1.165, 1.54) is 23.9 Å². The predicted molar refractivity (Wildman–Crippen MR) is 79.8 cm³/mol. The number of carboxylic acid groups (broad SMARTS) is 1. The van der Waals surface area contributed by atoms with E-state index >= 15 is 0 Å². The van der Waals surface area contributed by atoms with E-state index in [4.69, 9.17) is 16.7 Å². The molecular weight excluding hydrogens is 299 g/mol. The number of halogens is 2. The number of carboxylic acids is 1. The first-order valence-electron chi connectivity index (χ1n) is 5.91. The van der Waals surface area contributed by atoms with Gasteiger partial charge in [0.2, 0.25) is 0 Å². The first-order chi connectivity index (χ1) is 9.58. The fourth-order valence-corrected chi connectivity index (χ4v) is 2.99. The smallest absolute Gasteiger partial charge is 0.335 e. The normalized spacial score (nSPS) is 10.5. The predicted octanol–water partition coefficient (Wildman–Crippen LogP) is 4.61. The van der Waals surface area contributed by atoms with Gasteiger partial charge in [0.15, 0.2) is 0 Å². The van der Waals surface area contributed by atoms with Gasteiger partial charge in [0, 0.05) is 16.5 Å². The quantitative estimate of drug-likeness (QED) is 0.876. The molecule has 0 heterocycles. The number of carbonyl (C=O) groups is 1. The van der Waals surface area contributed by atoms with Crippen molar-refractivity contribution in [3.63, 3.8) is 0 Å². The zero-order chi connectivity index (χ0) is 14.5. The Bertz CT molecular complexity index is 631. The van der Waals surface area contributed by atoms with Crippen LogP contribution in [0.25, 0.3) is 0 Å². The van der Waals surface area contributed by atoms with Crippen LogP contribution in [0.2, 0.25) is 5.02 Å². The fourth-order valence-electron chi connectivity index (χ4n) is 1.68. The minimum atomic E-state index is -1.13. The summed E-state index contributed by atoms with van der Waals surface area (Å²) >= 11 is 7.57. The summed E-state index contributed by atoms with van der Waals surface area (Å²) in [6.07, 6.45) is 0. The van der Waals surface area contributed by atoms with Crippen molar-refractivity contribution in [3.8, 4) is 0 Å². The highest BCUT2D eigenvalue weighted by molar-refractivity contribution is 7.97. The van der Waals surface area contributed by atoms with Crippen LogP contribution in [0.5, 0.6) is 0 Å². The topological polar surface area (TPSA) is 37.3 Å². The van der Waals surface area contributed by atoms with Crippen LogP contribution in [0.1, 0.15) is 21.5 Å². The van der Waals surface area contributed by atoms with E-state index in [0.29, 0.717) is 22.1 Å². The zero-order valence-corrected chi connectivity index (χ0v) is 12.0. The average molecular weight is 311 g/mol. The van der Waals surface area contributed by atoms with E-state index < -0.39 is 11.8 Å². The summed E-state index contributed by atoms with van der Waals surface area (Å²) in [6.45, 7) is 0. The summed E-state index contributed by atoms with van der Waals surface area (Å²) in [4.78, 5) is 10.7. The van der Waals surface area contributed by atoms with Gasteiger partial charge in [-0.1, -0.05) is 35.9 Å². The van der Waals surface area contributed by atoms with Gasteiger partial charge in [-0.3, -0.25) is 0 Å². The van der Waals surface area contributed by atoms with Crippen molar-refractivity contribution in [1.82, 2.24) is 0 Å². The largest absolute Gasteiger partial charge is 0.478 e. The van der Waals surface area contributed by atoms with Crippen molar-refractivity contribution >= 4 is 29.3 Å². The van der Waals surface area contributed by atoms with Crippen molar-refractivity contribution in [2.45, 2.75) is 11.5 Å². The second-order valence-electron chi connectivity index (χ2n) is 4.20. The molecule has 0 atom stereocenters. The Morgan fingerprint density at radius 3 is 2.50 bits per heavy atom. The molecule has 0 aromatic heterocycles. The molecule has 20 heavy (non-hydrogen) atoms. The average Bonchev–Trinajstić information content (AvgIpc) is 2.42. The summed E-state index contributed by atoms with van der Waals surface area (Å²) in [5.41, 5.74) is 1.45. The van der Waals surface area contributed by atoms with Crippen LogP contribution < -0.4 is 0 Å². The molecule has 2 aromatic carbocycles. The Morgan fingerprint density at radius 2 is 1.85 bits per heavy atom. The third-order valence-electron chi connectivity index (χ3n) is 2.77. The van der Waals surface area contributed by atoms with Crippen LogP contribution in [0.15, 0.2) is 42.5 Å². The molecule has 0 saturated heterocycles. The van der Waals surface area contributed by atoms with E-state index in [-0.39, 0.29) is 5.56 Å². The van der Waals surface area contributed by atoms with Crippen LogP contribution in [-0.4, -0.2) is 11.1 Å². The number of benzene rings is 2. The second kappa shape index (κ2) is 6.77. The number of hydrogen-bond donors (Lipinski definition) is 1. The molecule has 2 rings (SSSR count). The molecule has 0 bridgehead atoms. The van der Waals surface area contributed by atoms with Crippen LogP contribution in [0, 0.1) is 5.82 Å². The SMILES string of the molecule is O=C(O)c1ccc(CSCc2ccccc2Cl)c(F)c1. The van der Waals surface area contributed by atoms with E-state index in [2.05, 4.69) is 0 Å². The minimum absolute atomic E-state index is 0.0395. The molecule has 5 heteroatoms. The molecule has 0 amide bonds. The summed E-state index contributed by atoms with van der Waals surface area (Å²) in [5, 5.41) is 9.46. The Hall–Kier alpha value is -1.52. The van der Waals surface area contributed by atoms with Crippen molar-refractivity contribution in [1.29, 1.82) is 0 Å². The highest BCUT2D eigenvalue weighted by Crippen LogP contribution is 2.24. The molecule has 0 aliphatic rings. The van der Waals surface area contributed by atoms with E-state index in [1.54, 1.807) is 0 Å². The van der Waals surface area contributed by atoms with Gasteiger partial charge < -0.3 is 5.11 Å². The first-order valence-corrected chi connectivity index (χ1v) is 7.44. The van der Waals surface area contributed by atoms with Crippen LogP contribution >= 0.6 is 23.4 Å². The van der Waals surface area contributed by atoms with E-state index in [9.17, 15) is 9.18 Å². The molecule has 0 aliphatic heterocycles. The van der Waals surface area contributed by atoms with Gasteiger partial charge in [-0.05, 0) is 29.3 Å². The number of rotatable bonds is 5. The Balaban J connectivity index is 1.98. The Morgan fingerprint density at radius 1 is 1.15 bits per heavy atom. The summed E-state index contributed by atoms with van der Waals surface area (Å²) in [5.74, 6) is -0.466. The van der Waals surface area contributed by atoms with Crippen molar-refractivity contribution < 1.29 is 14.3 Å². The molecule has 1 N–H and O–H groups in total. The molecule has 0 unspecified atom stereocenters. The maximum atomic E-state index is 13.7. The number of aromatic carboxylic acids is 1. The molecule has 2 aromatic rings. The maximum Gasteiger partial charge on any atom is 0.335 e. The molecule has 104 valence electrons. The van der Waals surface area contributed by atoms with Crippen molar-refractivity contribution in [2.75, 3.05) is 0 Å². The Labute approximate surface area is 125 Å². The molecule has 0 aliphatic carbocycles. The molecule has 0 spiro atoms. The van der Waals surface area contributed by atoms with Gasteiger partial charge in [0.1, 0.15) is 5.82 Å². The summed E-state index contributed by atoms with van der Waals surface area (Å²) in [6, 6.07) is 11.5. The summed E-state index contributed by atoms with van der Waals surface area (Å²) in [7, 11) is 0. The molecule has 0 radical (unpaired) electrons. The van der Waals surface area contributed by atoms with Crippen molar-refractivity contribution in [3.05, 3.63) is 70.0 Å². The maximum absolute atomic E-state index is 13.7. The van der Waals surface area contributed by atoms with Crippen LogP contribution in [0.4, 0.5) is 4.39 Å².